The van der Waals surface area contributed by atoms with Gasteiger partial charge in [-0.3, -0.25) is 4.90 Å². The highest BCUT2D eigenvalue weighted by atomic mass is 16.3. The van der Waals surface area contributed by atoms with E-state index in [1.165, 1.54) is 4.80 Å². The minimum absolute atomic E-state index is 0.331. The van der Waals surface area contributed by atoms with Crippen molar-refractivity contribution in [1.82, 2.24) is 30.1 Å². The molecule has 114 valence electrons. The predicted molar refractivity (Wildman–Crippen MR) is 80.1 cm³/mol. The van der Waals surface area contributed by atoms with E-state index < -0.39 is 0 Å². The molecule has 0 aliphatic carbocycles. The summed E-state index contributed by atoms with van der Waals surface area (Å²) in [4.78, 5) is 8.49. The Morgan fingerprint density at radius 3 is 3.05 bits per heavy atom. The molecule has 4 rings (SSSR count). The molecule has 1 aliphatic rings. The maximum atomic E-state index is 5.92. The van der Waals surface area contributed by atoms with E-state index in [0.29, 0.717) is 5.92 Å². The van der Waals surface area contributed by atoms with Gasteiger partial charge >= 0.3 is 0 Å². The standard InChI is InChI=1S/C15H18N6O/c1-20-18-14(17-19-20)10-21-8-4-5-11(9-21)15-16-12-6-2-3-7-13(12)22-15/h2-3,6-7,11H,4-5,8-10H2,1H3. The lowest BCUT2D eigenvalue weighted by molar-refractivity contribution is 0.183. The highest BCUT2D eigenvalue weighted by Crippen LogP contribution is 2.29. The molecule has 0 bridgehead atoms. The number of piperidine rings is 1. The number of rotatable bonds is 3. The molecular weight excluding hydrogens is 280 g/mol. The van der Waals surface area contributed by atoms with Crippen LogP contribution in [0.5, 0.6) is 0 Å². The van der Waals surface area contributed by atoms with Crippen molar-refractivity contribution >= 4 is 11.1 Å². The molecule has 3 aromatic rings. The van der Waals surface area contributed by atoms with Crippen molar-refractivity contribution in [3.8, 4) is 0 Å². The Bertz CT molecular complexity index is 746. The molecule has 7 nitrogen and oxygen atoms in total. The second-order valence-corrected chi connectivity index (χ2v) is 5.79. The molecule has 0 N–H and O–H groups in total. The lowest BCUT2D eigenvalue weighted by atomic mass is 9.98. The Balaban J connectivity index is 1.50. The molecular formula is C15H18N6O. The highest BCUT2D eigenvalue weighted by Gasteiger charge is 2.26. The second kappa shape index (κ2) is 5.49. The lowest BCUT2D eigenvalue weighted by Gasteiger charge is -2.30. The molecule has 0 spiro atoms. The van der Waals surface area contributed by atoms with Crippen LogP contribution in [-0.2, 0) is 13.6 Å². The van der Waals surface area contributed by atoms with Gasteiger partial charge in [0.1, 0.15) is 5.52 Å². The number of hydrogen-bond acceptors (Lipinski definition) is 6. The van der Waals surface area contributed by atoms with E-state index >= 15 is 0 Å². The Morgan fingerprint density at radius 2 is 2.23 bits per heavy atom. The van der Waals surface area contributed by atoms with E-state index in [2.05, 4.69) is 25.3 Å². The number of aromatic nitrogens is 5. The van der Waals surface area contributed by atoms with Crippen molar-refractivity contribution in [2.75, 3.05) is 13.1 Å². The van der Waals surface area contributed by atoms with E-state index in [0.717, 1.165) is 55.3 Å². The number of hydrogen-bond donors (Lipinski definition) is 0. The first-order valence-electron chi connectivity index (χ1n) is 7.58. The van der Waals surface area contributed by atoms with Gasteiger partial charge in [-0.2, -0.15) is 4.80 Å². The average Bonchev–Trinajstić information content (AvgIpc) is 3.13. The zero-order valence-electron chi connectivity index (χ0n) is 12.5. The molecule has 1 fully saturated rings. The molecule has 1 unspecified atom stereocenters. The van der Waals surface area contributed by atoms with Crippen molar-refractivity contribution < 1.29 is 4.42 Å². The zero-order valence-corrected chi connectivity index (χ0v) is 12.5. The Kier molecular flexibility index (Phi) is 3.34. The molecule has 1 aromatic carbocycles. The smallest absolute Gasteiger partial charge is 0.199 e. The Labute approximate surface area is 127 Å². The number of nitrogens with zero attached hydrogens (tertiary/aromatic N) is 6. The number of tetrazole rings is 1. The fourth-order valence-corrected chi connectivity index (χ4v) is 3.05. The van der Waals surface area contributed by atoms with Gasteiger partial charge in [-0.05, 0) is 36.7 Å². The summed E-state index contributed by atoms with van der Waals surface area (Å²) in [6, 6.07) is 7.92. The van der Waals surface area contributed by atoms with Gasteiger partial charge in [0.25, 0.3) is 0 Å². The summed E-state index contributed by atoms with van der Waals surface area (Å²) in [6.45, 7) is 2.70. The molecule has 0 saturated carbocycles. The quantitative estimate of drug-likeness (QED) is 0.733. The Morgan fingerprint density at radius 1 is 1.32 bits per heavy atom. The minimum Gasteiger partial charge on any atom is -0.440 e. The van der Waals surface area contributed by atoms with Gasteiger partial charge in [0.15, 0.2) is 17.3 Å². The van der Waals surface area contributed by atoms with Gasteiger partial charge < -0.3 is 4.42 Å². The van der Waals surface area contributed by atoms with Crippen LogP contribution in [0.25, 0.3) is 11.1 Å². The molecule has 1 aliphatic heterocycles. The van der Waals surface area contributed by atoms with Crippen molar-refractivity contribution in [2.45, 2.75) is 25.3 Å². The van der Waals surface area contributed by atoms with Crippen LogP contribution in [0.15, 0.2) is 28.7 Å². The molecule has 0 amide bonds. The summed E-state index contributed by atoms with van der Waals surface area (Å²) < 4.78 is 5.92. The monoisotopic (exact) mass is 298 g/mol. The molecule has 0 radical (unpaired) electrons. The van der Waals surface area contributed by atoms with Crippen LogP contribution in [-0.4, -0.2) is 43.2 Å². The lowest BCUT2D eigenvalue weighted by Crippen LogP contribution is -2.34. The van der Waals surface area contributed by atoms with Crippen molar-refractivity contribution in [2.24, 2.45) is 7.05 Å². The first-order valence-corrected chi connectivity index (χ1v) is 7.58. The number of aryl methyl sites for hydroxylation is 1. The summed E-state index contributed by atoms with van der Waals surface area (Å²) in [7, 11) is 1.79. The number of para-hydroxylation sites is 2. The number of benzene rings is 1. The average molecular weight is 298 g/mol. The topological polar surface area (TPSA) is 72.9 Å². The predicted octanol–water partition coefficient (Wildman–Crippen LogP) is 1.73. The SMILES string of the molecule is Cn1nnc(CN2CCCC(c3nc4ccccc4o3)C2)n1. The van der Waals surface area contributed by atoms with Gasteiger partial charge in [0, 0.05) is 12.5 Å². The van der Waals surface area contributed by atoms with E-state index in [-0.39, 0.29) is 0 Å². The molecule has 22 heavy (non-hydrogen) atoms. The summed E-state index contributed by atoms with van der Waals surface area (Å²) in [5, 5.41) is 12.2. The Hall–Kier alpha value is -2.28. The third kappa shape index (κ3) is 2.59. The van der Waals surface area contributed by atoms with Gasteiger partial charge in [-0.15, -0.1) is 10.2 Å². The number of oxazole rings is 1. The second-order valence-electron chi connectivity index (χ2n) is 5.79. The third-order valence-corrected chi connectivity index (χ3v) is 4.08. The van der Waals surface area contributed by atoms with Crippen LogP contribution >= 0.6 is 0 Å². The van der Waals surface area contributed by atoms with Gasteiger partial charge in [0.2, 0.25) is 0 Å². The number of fused-ring (bicyclic) bond motifs is 1. The summed E-state index contributed by atoms with van der Waals surface area (Å²) in [5.41, 5.74) is 1.80. The largest absolute Gasteiger partial charge is 0.440 e. The first-order chi connectivity index (χ1) is 10.8. The zero-order chi connectivity index (χ0) is 14.9. The fourth-order valence-electron chi connectivity index (χ4n) is 3.05. The molecule has 3 heterocycles. The number of likely N-dealkylation sites (tertiary alicyclic amines) is 1. The van der Waals surface area contributed by atoms with Gasteiger partial charge in [0.05, 0.1) is 13.6 Å². The van der Waals surface area contributed by atoms with E-state index in [9.17, 15) is 0 Å². The summed E-state index contributed by atoms with van der Waals surface area (Å²) >= 11 is 0. The van der Waals surface area contributed by atoms with E-state index in [1.54, 1.807) is 7.05 Å². The van der Waals surface area contributed by atoms with Crippen molar-refractivity contribution in [1.29, 1.82) is 0 Å². The van der Waals surface area contributed by atoms with Crippen LogP contribution < -0.4 is 0 Å². The fraction of sp³-hybridized carbons (Fsp3) is 0.467. The minimum atomic E-state index is 0.331. The van der Waals surface area contributed by atoms with Crippen LogP contribution in [0.3, 0.4) is 0 Å². The molecule has 1 atom stereocenters. The summed E-state index contributed by atoms with van der Waals surface area (Å²) in [5.74, 6) is 1.94. The highest BCUT2D eigenvalue weighted by molar-refractivity contribution is 5.72. The third-order valence-electron chi connectivity index (χ3n) is 4.08. The maximum Gasteiger partial charge on any atom is 0.199 e. The first kappa shape index (κ1) is 13.4. The molecule has 7 heteroatoms. The van der Waals surface area contributed by atoms with Crippen molar-refractivity contribution in [3.63, 3.8) is 0 Å². The molecule has 1 saturated heterocycles. The van der Waals surface area contributed by atoms with Crippen molar-refractivity contribution in [3.05, 3.63) is 36.0 Å². The van der Waals surface area contributed by atoms with Crippen LogP contribution in [0.1, 0.15) is 30.5 Å². The van der Waals surface area contributed by atoms with Crippen LogP contribution in [0.2, 0.25) is 0 Å². The van der Waals surface area contributed by atoms with E-state index in [4.69, 9.17) is 4.42 Å². The van der Waals surface area contributed by atoms with Crippen LogP contribution in [0, 0.1) is 0 Å². The van der Waals surface area contributed by atoms with E-state index in [1.807, 2.05) is 24.3 Å². The van der Waals surface area contributed by atoms with Crippen LogP contribution in [0.4, 0.5) is 0 Å². The molecule has 2 aromatic heterocycles. The maximum absolute atomic E-state index is 5.92. The normalized spacial score (nSPS) is 19.8. The summed E-state index contributed by atoms with van der Waals surface area (Å²) in [6.07, 6.45) is 2.24. The van der Waals surface area contributed by atoms with Gasteiger partial charge in [-0.25, -0.2) is 4.98 Å². The van der Waals surface area contributed by atoms with Gasteiger partial charge in [-0.1, -0.05) is 12.1 Å².